The first kappa shape index (κ1) is 22.0. The number of ether oxygens (including phenoxy) is 3. The number of thiazole rings is 1. The molecule has 8 heteroatoms. The number of aromatic nitrogens is 1. The van der Waals surface area contributed by atoms with Gasteiger partial charge < -0.3 is 18.8 Å². The number of carbonyl (C=O) groups excluding carboxylic acids is 1. The minimum Gasteiger partial charge on any atom is -0.497 e. The van der Waals surface area contributed by atoms with Crippen LogP contribution in [0.5, 0.6) is 17.2 Å². The van der Waals surface area contributed by atoms with Crippen LogP contribution < -0.4 is 19.0 Å². The van der Waals surface area contributed by atoms with E-state index < -0.39 is 0 Å². The van der Waals surface area contributed by atoms with E-state index in [0.717, 1.165) is 26.6 Å². The molecule has 0 spiro atoms. The summed E-state index contributed by atoms with van der Waals surface area (Å²) in [4.78, 5) is 18.6. The highest BCUT2D eigenvalue weighted by atomic mass is 32.2. The molecule has 0 atom stereocenters. The number of thioether (sulfide) groups is 1. The van der Waals surface area contributed by atoms with Gasteiger partial charge in [-0.2, -0.15) is 4.99 Å². The number of hydrogen-bond acceptors (Lipinski definition) is 6. The largest absolute Gasteiger partial charge is 0.497 e. The first-order chi connectivity index (χ1) is 14.6. The summed E-state index contributed by atoms with van der Waals surface area (Å²) >= 11 is 3.02. The molecule has 0 unspecified atom stereocenters. The summed E-state index contributed by atoms with van der Waals surface area (Å²) in [5, 5.41) is 0. The van der Waals surface area contributed by atoms with Crippen molar-refractivity contribution in [2.75, 3.05) is 27.1 Å². The minimum absolute atomic E-state index is 0.168. The van der Waals surface area contributed by atoms with Crippen LogP contribution >= 0.6 is 23.1 Å². The van der Waals surface area contributed by atoms with E-state index in [1.165, 1.54) is 11.3 Å². The van der Waals surface area contributed by atoms with Crippen LogP contribution in [0.25, 0.3) is 10.2 Å². The molecule has 3 aromatic rings. The molecular formula is C22H24N2O4S2. The maximum absolute atomic E-state index is 12.6. The van der Waals surface area contributed by atoms with Crippen molar-refractivity contribution < 1.29 is 19.0 Å². The molecule has 0 bridgehead atoms. The van der Waals surface area contributed by atoms with E-state index in [2.05, 4.69) is 11.6 Å². The molecule has 0 aliphatic carbocycles. The van der Waals surface area contributed by atoms with Crippen LogP contribution in [0.2, 0.25) is 0 Å². The van der Waals surface area contributed by atoms with Crippen LogP contribution in [0.15, 0.2) is 58.9 Å². The second kappa shape index (κ2) is 10.4. The summed E-state index contributed by atoms with van der Waals surface area (Å²) < 4.78 is 19.0. The molecule has 0 radical (unpaired) electrons. The van der Waals surface area contributed by atoms with Crippen molar-refractivity contribution in [2.24, 2.45) is 4.99 Å². The van der Waals surface area contributed by atoms with Gasteiger partial charge in [-0.3, -0.25) is 4.79 Å². The zero-order valence-corrected chi connectivity index (χ0v) is 18.8. The zero-order chi connectivity index (χ0) is 21.5. The lowest BCUT2D eigenvalue weighted by Gasteiger charge is -2.08. The Labute approximate surface area is 183 Å². The Balaban J connectivity index is 1.83. The fraction of sp³-hybridized carbons (Fsp3) is 0.273. The third-order valence-corrected chi connectivity index (χ3v) is 6.48. The molecule has 0 N–H and O–H groups in total. The van der Waals surface area contributed by atoms with E-state index >= 15 is 0 Å². The van der Waals surface area contributed by atoms with Crippen molar-refractivity contribution in [3.63, 3.8) is 0 Å². The van der Waals surface area contributed by atoms with Crippen molar-refractivity contribution >= 4 is 39.2 Å². The van der Waals surface area contributed by atoms with E-state index in [9.17, 15) is 4.79 Å². The Morgan fingerprint density at radius 1 is 1.10 bits per heavy atom. The molecule has 1 amide bonds. The number of nitrogens with zero attached hydrogens (tertiary/aromatic N) is 2. The number of hydrogen-bond donors (Lipinski definition) is 0. The highest BCUT2D eigenvalue weighted by molar-refractivity contribution is 7.99. The maximum Gasteiger partial charge on any atom is 0.249 e. The maximum atomic E-state index is 12.6. The van der Waals surface area contributed by atoms with Crippen LogP contribution in [0.4, 0.5) is 0 Å². The SMILES string of the molecule is C=CCn1c(=NC(=O)CCSc2ccc(OC)cc2)sc2c(OC)ccc(OC)c21. The highest BCUT2D eigenvalue weighted by Gasteiger charge is 2.16. The van der Waals surface area contributed by atoms with Gasteiger partial charge in [0.1, 0.15) is 27.5 Å². The predicted octanol–water partition coefficient (Wildman–Crippen LogP) is 4.52. The van der Waals surface area contributed by atoms with Gasteiger partial charge in [0.2, 0.25) is 5.91 Å². The molecular weight excluding hydrogens is 420 g/mol. The van der Waals surface area contributed by atoms with Crippen molar-refractivity contribution in [3.05, 3.63) is 53.9 Å². The average Bonchev–Trinajstić information content (AvgIpc) is 3.12. The summed E-state index contributed by atoms with van der Waals surface area (Å²) in [5.74, 6) is 2.71. The van der Waals surface area contributed by atoms with Crippen LogP contribution in [-0.4, -0.2) is 37.6 Å². The smallest absolute Gasteiger partial charge is 0.249 e. The second-order valence-corrected chi connectivity index (χ2v) is 8.36. The third-order valence-electron chi connectivity index (χ3n) is 4.37. The molecule has 0 saturated carbocycles. The van der Waals surface area contributed by atoms with E-state index in [1.54, 1.807) is 39.2 Å². The Hall–Kier alpha value is -2.71. The number of rotatable bonds is 9. The number of allylic oxidation sites excluding steroid dienone is 1. The van der Waals surface area contributed by atoms with Gasteiger partial charge in [-0.05, 0) is 36.4 Å². The Morgan fingerprint density at radius 3 is 2.43 bits per heavy atom. The van der Waals surface area contributed by atoms with E-state index in [4.69, 9.17) is 14.2 Å². The Bertz CT molecular complexity index is 1100. The lowest BCUT2D eigenvalue weighted by atomic mass is 10.3. The topological polar surface area (TPSA) is 62.1 Å². The van der Waals surface area contributed by atoms with Gasteiger partial charge in [0, 0.05) is 23.6 Å². The van der Waals surface area contributed by atoms with Crippen molar-refractivity contribution in [1.82, 2.24) is 4.57 Å². The quantitative estimate of drug-likeness (QED) is 0.359. The lowest BCUT2D eigenvalue weighted by Crippen LogP contribution is -2.16. The molecule has 2 aromatic carbocycles. The fourth-order valence-corrected chi connectivity index (χ4v) is 4.94. The monoisotopic (exact) mass is 444 g/mol. The number of methoxy groups -OCH3 is 3. The molecule has 1 heterocycles. The van der Waals surface area contributed by atoms with Crippen LogP contribution in [-0.2, 0) is 11.3 Å². The lowest BCUT2D eigenvalue weighted by molar-refractivity contribution is -0.117. The predicted molar refractivity (Wildman–Crippen MR) is 122 cm³/mol. The Morgan fingerprint density at radius 2 is 1.80 bits per heavy atom. The third kappa shape index (κ3) is 4.88. The molecule has 158 valence electrons. The minimum atomic E-state index is -0.168. The van der Waals surface area contributed by atoms with Gasteiger partial charge in [0.15, 0.2) is 4.80 Å². The van der Waals surface area contributed by atoms with E-state index in [1.807, 2.05) is 41.0 Å². The molecule has 0 aliphatic heterocycles. The van der Waals surface area contributed by atoms with Crippen LogP contribution in [0.3, 0.4) is 0 Å². The average molecular weight is 445 g/mol. The number of fused-ring (bicyclic) bond motifs is 1. The van der Waals surface area contributed by atoms with Gasteiger partial charge >= 0.3 is 0 Å². The Kier molecular flexibility index (Phi) is 7.59. The standard InChI is InChI=1S/C22H24N2O4S2/c1-5-13-24-20-17(27-3)10-11-18(28-4)21(20)30-22(24)23-19(25)12-14-29-16-8-6-15(26-2)7-9-16/h5-11H,1,12-14H2,2-4H3. The van der Waals surface area contributed by atoms with Crippen molar-refractivity contribution in [2.45, 2.75) is 17.9 Å². The highest BCUT2D eigenvalue weighted by Crippen LogP contribution is 2.35. The normalized spacial score (nSPS) is 11.5. The summed E-state index contributed by atoms with van der Waals surface area (Å²) in [6.45, 7) is 4.34. The first-order valence-electron chi connectivity index (χ1n) is 9.31. The molecule has 0 aliphatic rings. The summed E-state index contributed by atoms with van der Waals surface area (Å²) in [5.41, 5.74) is 0.848. The second-order valence-electron chi connectivity index (χ2n) is 6.21. The molecule has 30 heavy (non-hydrogen) atoms. The molecule has 0 saturated heterocycles. The molecule has 1 aromatic heterocycles. The number of carbonyl (C=O) groups is 1. The van der Waals surface area contributed by atoms with Gasteiger partial charge in [-0.1, -0.05) is 17.4 Å². The van der Waals surface area contributed by atoms with E-state index in [0.29, 0.717) is 29.3 Å². The summed E-state index contributed by atoms with van der Waals surface area (Å²) in [6.07, 6.45) is 2.11. The van der Waals surface area contributed by atoms with Gasteiger partial charge in [0.25, 0.3) is 0 Å². The number of amides is 1. The van der Waals surface area contributed by atoms with Crippen molar-refractivity contribution in [3.8, 4) is 17.2 Å². The zero-order valence-electron chi connectivity index (χ0n) is 17.2. The van der Waals surface area contributed by atoms with Crippen LogP contribution in [0.1, 0.15) is 6.42 Å². The summed E-state index contributed by atoms with van der Waals surface area (Å²) in [6, 6.07) is 11.5. The van der Waals surface area contributed by atoms with Crippen molar-refractivity contribution in [1.29, 1.82) is 0 Å². The van der Waals surface area contributed by atoms with Gasteiger partial charge in [-0.15, -0.1) is 18.3 Å². The molecule has 6 nitrogen and oxygen atoms in total. The van der Waals surface area contributed by atoms with Crippen LogP contribution in [0, 0.1) is 0 Å². The summed E-state index contributed by atoms with van der Waals surface area (Å²) in [7, 11) is 4.88. The molecule has 3 rings (SSSR count). The number of benzene rings is 2. The fourth-order valence-electron chi connectivity index (χ4n) is 2.93. The van der Waals surface area contributed by atoms with Gasteiger partial charge in [-0.25, -0.2) is 0 Å². The van der Waals surface area contributed by atoms with Gasteiger partial charge in [0.05, 0.1) is 21.3 Å². The van der Waals surface area contributed by atoms with E-state index in [-0.39, 0.29) is 5.91 Å². The molecule has 0 fully saturated rings. The first-order valence-corrected chi connectivity index (χ1v) is 11.1.